The summed E-state index contributed by atoms with van der Waals surface area (Å²) in [7, 11) is 0. The van der Waals surface area contributed by atoms with Crippen LogP contribution in [0.15, 0.2) is 24.4 Å². The van der Waals surface area contributed by atoms with Gasteiger partial charge in [0.05, 0.1) is 10.4 Å². The number of pyridine rings is 1. The van der Waals surface area contributed by atoms with Gasteiger partial charge in [-0.2, -0.15) is 13.2 Å². The fourth-order valence-corrected chi connectivity index (χ4v) is 5.70. The largest absolute Gasteiger partial charge is 0.417 e. The monoisotopic (exact) mass is 434 g/mol. The van der Waals surface area contributed by atoms with Crippen LogP contribution in [0.5, 0.6) is 0 Å². The summed E-state index contributed by atoms with van der Waals surface area (Å²) in [5, 5.41) is 8.21. The molecule has 4 heterocycles. The molecule has 1 amide bonds. The number of rotatable bonds is 2. The van der Waals surface area contributed by atoms with Crippen LogP contribution in [0.3, 0.4) is 0 Å². The van der Waals surface area contributed by atoms with Crippen LogP contribution in [-0.4, -0.2) is 38.5 Å². The number of carbonyl (C=O) groups is 1. The van der Waals surface area contributed by atoms with E-state index in [1.54, 1.807) is 11.3 Å². The lowest BCUT2D eigenvalue weighted by Gasteiger charge is -2.31. The second-order valence-electron chi connectivity index (χ2n) is 8.06. The van der Waals surface area contributed by atoms with Crippen molar-refractivity contribution < 1.29 is 18.0 Å². The third-order valence-corrected chi connectivity index (χ3v) is 7.26. The number of amides is 1. The minimum absolute atomic E-state index is 0.0175. The summed E-state index contributed by atoms with van der Waals surface area (Å²) >= 11 is 1.59. The molecule has 1 saturated heterocycles. The van der Waals surface area contributed by atoms with Gasteiger partial charge in [-0.3, -0.25) is 9.20 Å². The van der Waals surface area contributed by atoms with Gasteiger partial charge in [-0.05, 0) is 62.3 Å². The Morgan fingerprint density at radius 2 is 1.97 bits per heavy atom. The molecule has 1 atom stereocenters. The molecular formula is C21H21F3N4OS. The Bertz CT molecular complexity index is 1080. The summed E-state index contributed by atoms with van der Waals surface area (Å²) in [6.07, 6.45) is 2.60. The number of aryl methyl sites for hydroxylation is 2. The quantitative estimate of drug-likeness (QED) is 0.587. The first-order valence-corrected chi connectivity index (χ1v) is 11.0. The molecule has 0 spiro atoms. The minimum Gasteiger partial charge on any atom is -0.337 e. The van der Waals surface area contributed by atoms with Crippen molar-refractivity contribution in [3.8, 4) is 0 Å². The van der Waals surface area contributed by atoms with Crippen LogP contribution in [0.4, 0.5) is 13.2 Å². The third kappa shape index (κ3) is 3.49. The average Bonchev–Trinajstić information content (AvgIpc) is 3.36. The van der Waals surface area contributed by atoms with E-state index in [2.05, 4.69) is 10.2 Å². The Labute approximate surface area is 175 Å². The summed E-state index contributed by atoms with van der Waals surface area (Å²) in [5.41, 5.74) is 0.947. The van der Waals surface area contributed by atoms with Crippen molar-refractivity contribution >= 4 is 22.9 Å². The maximum Gasteiger partial charge on any atom is 0.417 e. The fraction of sp³-hybridized carbons (Fsp3) is 0.476. The fourth-order valence-electron chi connectivity index (χ4n) is 4.48. The summed E-state index contributed by atoms with van der Waals surface area (Å²) in [6, 6.07) is 4.39. The second kappa shape index (κ2) is 7.37. The van der Waals surface area contributed by atoms with E-state index in [9.17, 15) is 18.0 Å². The van der Waals surface area contributed by atoms with E-state index in [0.717, 1.165) is 42.8 Å². The molecule has 30 heavy (non-hydrogen) atoms. The van der Waals surface area contributed by atoms with E-state index in [1.165, 1.54) is 33.7 Å². The highest BCUT2D eigenvalue weighted by molar-refractivity contribution is 7.14. The number of nitrogens with zero attached hydrogens (tertiary/aromatic N) is 4. The van der Waals surface area contributed by atoms with Crippen molar-refractivity contribution in [2.24, 2.45) is 0 Å². The average molecular weight is 434 g/mol. The smallest absolute Gasteiger partial charge is 0.337 e. The van der Waals surface area contributed by atoms with Gasteiger partial charge in [-0.1, -0.05) is 0 Å². The molecule has 1 fully saturated rings. The van der Waals surface area contributed by atoms with Gasteiger partial charge in [0.25, 0.3) is 5.91 Å². The number of likely N-dealkylation sites (tertiary alicyclic amines) is 1. The molecule has 1 aliphatic carbocycles. The lowest BCUT2D eigenvalue weighted by molar-refractivity contribution is -0.137. The molecule has 0 radical (unpaired) electrons. The molecule has 158 valence electrons. The van der Waals surface area contributed by atoms with Crippen LogP contribution in [0, 0.1) is 0 Å². The van der Waals surface area contributed by atoms with E-state index in [4.69, 9.17) is 0 Å². The molecule has 3 aromatic rings. The highest BCUT2D eigenvalue weighted by Crippen LogP contribution is 2.34. The van der Waals surface area contributed by atoms with Crippen molar-refractivity contribution in [2.45, 2.75) is 50.6 Å². The summed E-state index contributed by atoms with van der Waals surface area (Å²) < 4.78 is 40.9. The highest BCUT2D eigenvalue weighted by Gasteiger charge is 2.33. The van der Waals surface area contributed by atoms with Crippen LogP contribution >= 0.6 is 11.3 Å². The van der Waals surface area contributed by atoms with E-state index in [0.29, 0.717) is 24.6 Å². The number of alkyl halides is 3. The SMILES string of the molecule is O=C(c1cc2c(s1)CCCC2)N1CCCC(c2nnc3ccc(C(F)(F)F)cn23)C1. The number of fused-ring (bicyclic) bond motifs is 2. The summed E-state index contributed by atoms with van der Waals surface area (Å²) in [6.45, 7) is 1.10. The van der Waals surface area contributed by atoms with Crippen molar-refractivity contribution in [3.05, 3.63) is 51.1 Å². The predicted molar refractivity (Wildman–Crippen MR) is 107 cm³/mol. The molecule has 1 unspecified atom stereocenters. The Morgan fingerprint density at radius 1 is 1.13 bits per heavy atom. The minimum atomic E-state index is -4.43. The topological polar surface area (TPSA) is 50.5 Å². The Morgan fingerprint density at radius 3 is 2.77 bits per heavy atom. The van der Waals surface area contributed by atoms with Crippen molar-refractivity contribution in [2.75, 3.05) is 13.1 Å². The number of hydrogen-bond donors (Lipinski definition) is 0. The summed E-state index contributed by atoms with van der Waals surface area (Å²) in [4.78, 5) is 17.0. The van der Waals surface area contributed by atoms with Crippen LogP contribution in [0.25, 0.3) is 5.65 Å². The number of carbonyl (C=O) groups excluding carboxylic acids is 1. The van der Waals surface area contributed by atoms with Gasteiger partial charge in [0.15, 0.2) is 5.65 Å². The zero-order valence-corrected chi connectivity index (χ0v) is 17.1. The van der Waals surface area contributed by atoms with Crippen LogP contribution in [0.1, 0.15) is 63.1 Å². The first-order valence-electron chi connectivity index (χ1n) is 10.2. The first-order chi connectivity index (χ1) is 14.4. The van der Waals surface area contributed by atoms with Gasteiger partial charge in [0.1, 0.15) is 5.82 Å². The molecule has 2 aliphatic rings. The van der Waals surface area contributed by atoms with Gasteiger partial charge in [-0.25, -0.2) is 0 Å². The van der Waals surface area contributed by atoms with Crippen molar-refractivity contribution in [1.82, 2.24) is 19.5 Å². The van der Waals surface area contributed by atoms with Crippen LogP contribution < -0.4 is 0 Å². The number of halogens is 3. The molecule has 3 aromatic heterocycles. The van der Waals surface area contributed by atoms with E-state index in [-0.39, 0.29) is 11.8 Å². The zero-order valence-electron chi connectivity index (χ0n) is 16.3. The molecule has 0 aromatic carbocycles. The molecule has 0 saturated carbocycles. The number of aromatic nitrogens is 3. The van der Waals surface area contributed by atoms with E-state index < -0.39 is 11.7 Å². The number of thiophene rings is 1. The molecule has 0 bridgehead atoms. The molecule has 1 aliphatic heterocycles. The lowest BCUT2D eigenvalue weighted by atomic mass is 9.96. The predicted octanol–water partition coefficient (Wildman–Crippen LogP) is 4.71. The second-order valence-corrected chi connectivity index (χ2v) is 9.20. The van der Waals surface area contributed by atoms with Gasteiger partial charge in [0.2, 0.25) is 0 Å². The van der Waals surface area contributed by atoms with E-state index >= 15 is 0 Å². The first kappa shape index (κ1) is 19.5. The van der Waals surface area contributed by atoms with Crippen LogP contribution in [-0.2, 0) is 19.0 Å². The maximum absolute atomic E-state index is 13.1. The Balaban J connectivity index is 1.40. The maximum atomic E-state index is 13.1. The Hall–Kier alpha value is -2.42. The molecule has 9 heteroatoms. The molecular weight excluding hydrogens is 413 g/mol. The standard InChI is InChI=1S/C21H21F3N4OS/c22-21(23,24)15-7-8-18-25-26-19(28(18)12-15)14-5-3-9-27(11-14)20(29)17-10-13-4-1-2-6-16(13)30-17/h7-8,10,12,14H,1-6,9,11H2. The van der Waals surface area contributed by atoms with Crippen molar-refractivity contribution in [1.29, 1.82) is 0 Å². The normalized spacial score (nSPS) is 19.8. The molecule has 0 N–H and O–H groups in total. The van der Waals surface area contributed by atoms with Gasteiger partial charge >= 0.3 is 6.18 Å². The zero-order chi connectivity index (χ0) is 20.9. The molecule has 5 rings (SSSR count). The third-order valence-electron chi connectivity index (χ3n) is 6.04. The number of hydrogen-bond acceptors (Lipinski definition) is 4. The van der Waals surface area contributed by atoms with Gasteiger partial charge in [-0.15, -0.1) is 21.5 Å². The summed E-state index contributed by atoms with van der Waals surface area (Å²) in [5.74, 6) is 0.360. The van der Waals surface area contributed by atoms with Crippen molar-refractivity contribution in [3.63, 3.8) is 0 Å². The molecule has 5 nitrogen and oxygen atoms in total. The van der Waals surface area contributed by atoms with Gasteiger partial charge in [0, 0.05) is 30.1 Å². The van der Waals surface area contributed by atoms with Gasteiger partial charge < -0.3 is 4.90 Å². The Kier molecular flexibility index (Phi) is 4.80. The highest BCUT2D eigenvalue weighted by atomic mass is 32.1. The number of piperidine rings is 1. The lowest BCUT2D eigenvalue weighted by Crippen LogP contribution is -2.39. The van der Waals surface area contributed by atoms with Crippen LogP contribution in [0.2, 0.25) is 0 Å². The van der Waals surface area contributed by atoms with E-state index in [1.807, 2.05) is 11.0 Å².